The van der Waals surface area contributed by atoms with E-state index in [1.807, 2.05) is 84.9 Å². The molecule has 11 atom stereocenters. The van der Waals surface area contributed by atoms with Gasteiger partial charge in [0.05, 0.1) is 26.4 Å². The lowest BCUT2D eigenvalue weighted by molar-refractivity contribution is -0.298. The molecule has 0 radical (unpaired) electrons. The Hall–Kier alpha value is -4.63. The summed E-state index contributed by atoms with van der Waals surface area (Å²) in [6.45, 7) is -0.652. The molecule has 60 heavy (non-hydrogen) atoms. The third kappa shape index (κ3) is 7.76. The highest BCUT2D eigenvalue weighted by Crippen LogP contribution is 2.59. The number of hydroxylamine groups is 2. The first-order chi connectivity index (χ1) is 29.1. The molecule has 4 saturated heterocycles. The van der Waals surface area contributed by atoms with Crippen molar-refractivity contribution in [2.75, 3.05) is 32.9 Å². The Morgan fingerprint density at radius 1 is 0.850 bits per heavy atom. The van der Waals surface area contributed by atoms with Crippen LogP contribution < -0.4 is 10.6 Å². The third-order valence-corrected chi connectivity index (χ3v) is 11.8. The number of amides is 2. The average Bonchev–Trinajstić information content (AvgIpc) is 3.85. The van der Waals surface area contributed by atoms with Gasteiger partial charge in [-0.2, -0.15) is 5.06 Å². The number of carbonyl (C=O) groups is 3. The SMILES string of the molecule is O=C(CCNC(=O)C12CC3OC(=O)C1N(Cc1ccc(C=CCOC4OC(CO)C(O)C(O)C4O)cc1)OC2C1OC(c2ccccc2)(c2ccccc2)OC31)NCCO. The third-order valence-electron chi connectivity index (χ3n) is 11.8. The van der Waals surface area contributed by atoms with Gasteiger partial charge in [0.15, 0.2) is 12.3 Å². The van der Waals surface area contributed by atoms with Crippen LogP contribution in [0.15, 0.2) is 91.0 Å². The number of fused-ring (bicyclic) bond motifs is 4. The molecule has 11 unspecified atom stereocenters. The monoisotopic (exact) mass is 831 g/mol. The number of benzene rings is 3. The molecule has 17 nitrogen and oxygen atoms in total. The van der Waals surface area contributed by atoms with E-state index in [-0.39, 0.29) is 51.6 Å². The second-order valence-electron chi connectivity index (χ2n) is 15.5. The standard InChI is InChI=1S/C43H49N3O14/c47-20-19-44-31(49)17-18-45-41(54)42-22-29-35-36(59-43(58-35,27-9-3-1-4-10-27)28-11-5-2-6-12-28)38(42)60-46(37(42)39(53)56-29)23-26-15-13-25(14-16-26)8-7-21-55-40-34(52)33(51)32(50)30(24-48)57-40/h1-16,29-30,32-38,40,47-48,50-52H,17-24H2,(H,44,49)(H,45,54). The van der Waals surface area contributed by atoms with Gasteiger partial charge in [0, 0.05) is 37.1 Å². The summed E-state index contributed by atoms with van der Waals surface area (Å²) in [4.78, 5) is 47.9. The van der Waals surface area contributed by atoms with E-state index in [1.165, 1.54) is 5.06 Å². The van der Waals surface area contributed by atoms with Crippen LogP contribution in [0.4, 0.5) is 0 Å². The van der Waals surface area contributed by atoms with Crippen molar-refractivity contribution in [1.29, 1.82) is 0 Å². The van der Waals surface area contributed by atoms with Crippen LogP contribution in [0.1, 0.15) is 35.1 Å². The molecular formula is C43H49N3O14. The fourth-order valence-electron chi connectivity index (χ4n) is 8.88. The molecule has 320 valence electrons. The Balaban J connectivity index is 1.03. The number of rotatable bonds is 15. The van der Waals surface area contributed by atoms with Crippen LogP contribution >= 0.6 is 0 Å². The number of carbonyl (C=O) groups excluding carboxylic acids is 3. The summed E-state index contributed by atoms with van der Waals surface area (Å²) in [5.41, 5.74) is 1.46. The van der Waals surface area contributed by atoms with E-state index in [0.29, 0.717) is 11.1 Å². The van der Waals surface area contributed by atoms with Crippen LogP contribution in [0.3, 0.4) is 0 Å². The lowest BCUT2D eigenvalue weighted by Gasteiger charge is -2.48. The van der Waals surface area contributed by atoms with E-state index in [9.17, 15) is 34.8 Å². The zero-order valence-corrected chi connectivity index (χ0v) is 32.5. The van der Waals surface area contributed by atoms with Gasteiger partial charge in [-0.1, -0.05) is 97.1 Å². The van der Waals surface area contributed by atoms with Gasteiger partial charge in [-0.05, 0) is 11.1 Å². The maximum atomic E-state index is 14.6. The largest absolute Gasteiger partial charge is 0.458 e. The Morgan fingerprint density at radius 2 is 1.53 bits per heavy atom. The van der Waals surface area contributed by atoms with Gasteiger partial charge in [-0.25, -0.2) is 0 Å². The molecule has 3 aromatic carbocycles. The molecule has 1 aliphatic carbocycles. The van der Waals surface area contributed by atoms with Crippen molar-refractivity contribution in [3.05, 3.63) is 113 Å². The quantitative estimate of drug-likeness (QED) is 0.0968. The Kier molecular flexibility index (Phi) is 12.5. The Bertz CT molecular complexity index is 1960. The summed E-state index contributed by atoms with van der Waals surface area (Å²) in [5, 5.41) is 55.7. The predicted octanol–water partition coefficient (Wildman–Crippen LogP) is -0.384. The summed E-state index contributed by atoms with van der Waals surface area (Å²) in [6.07, 6.45) is -6.96. The van der Waals surface area contributed by atoms with Gasteiger partial charge in [0.2, 0.25) is 17.6 Å². The number of hydrogen-bond acceptors (Lipinski definition) is 15. The van der Waals surface area contributed by atoms with Crippen molar-refractivity contribution in [3.8, 4) is 0 Å². The van der Waals surface area contributed by atoms with E-state index in [1.54, 1.807) is 12.2 Å². The highest BCUT2D eigenvalue weighted by molar-refractivity contribution is 5.94. The molecule has 0 aromatic heterocycles. The Labute approximate surface area is 345 Å². The van der Waals surface area contributed by atoms with Crippen LogP contribution in [-0.2, 0) is 55.2 Å². The molecule has 5 fully saturated rings. The smallest absolute Gasteiger partial charge is 0.327 e. The number of nitrogens with one attached hydrogen (secondary N) is 2. The predicted molar refractivity (Wildman–Crippen MR) is 207 cm³/mol. The maximum absolute atomic E-state index is 14.6. The van der Waals surface area contributed by atoms with Gasteiger partial charge in [-0.3, -0.25) is 19.2 Å². The summed E-state index contributed by atoms with van der Waals surface area (Å²) in [7, 11) is 0. The first kappa shape index (κ1) is 42.1. The molecule has 8 rings (SSSR count). The fraction of sp³-hybridized carbons (Fsp3) is 0.465. The second-order valence-corrected chi connectivity index (χ2v) is 15.5. The molecule has 17 heteroatoms. The van der Waals surface area contributed by atoms with E-state index in [0.717, 1.165) is 11.1 Å². The Morgan fingerprint density at radius 3 is 2.20 bits per heavy atom. The van der Waals surface area contributed by atoms with Crippen molar-refractivity contribution in [1.82, 2.24) is 15.7 Å². The highest BCUT2D eigenvalue weighted by atomic mass is 16.8. The molecule has 3 aromatic rings. The van der Waals surface area contributed by atoms with Crippen molar-refractivity contribution in [2.45, 2.75) is 86.3 Å². The topological polar surface area (TPSA) is 235 Å². The summed E-state index contributed by atoms with van der Waals surface area (Å²) in [5.74, 6) is -2.90. The molecule has 4 heterocycles. The van der Waals surface area contributed by atoms with Gasteiger partial charge < -0.3 is 59.9 Å². The summed E-state index contributed by atoms with van der Waals surface area (Å²) in [6, 6.07) is 25.0. The molecule has 4 aliphatic heterocycles. The minimum absolute atomic E-state index is 0.0144. The molecule has 2 bridgehead atoms. The number of aliphatic hydroxyl groups is 5. The zero-order chi connectivity index (χ0) is 42.0. The molecule has 0 spiro atoms. The van der Waals surface area contributed by atoms with Crippen molar-refractivity contribution in [2.24, 2.45) is 5.41 Å². The maximum Gasteiger partial charge on any atom is 0.327 e. The number of esters is 1. The zero-order valence-electron chi connectivity index (χ0n) is 32.5. The molecule has 1 saturated carbocycles. The van der Waals surface area contributed by atoms with E-state index in [4.69, 9.17) is 33.6 Å². The van der Waals surface area contributed by atoms with Crippen LogP contribution in [0.2, 0.25) is 0 Å². The minimum atomic E-state index is -1.55. The van der Waals surface area contributed by atoms with Crippen molar-refractivity contribution >= 4 is 23.9 Å². The normalized spacial score (nSPS) is 33.0. The fourth-order valence-corrected chi connectivity index (χ4v) is 8.88. The molecule has 2 amide bonds. The minimum Gasteiger partial charge on any atom is -0.458 e. The lowest BCUT2D eigenvalue weighted by Crippen LogP contribution is -2.69. The lowest BCUT2D eigenvalue weighted by atomic mass is 9.62. The molecular weight excluding hydrogens is 782 g/mol. The average molecular weight is 832 g/mol. The molecule has 5 aliphatic rings. The van der Waals surface area contributed by atoms with Crippen LogP contribution in [0, 0.1) is 5.41 Å². The first-order valence-corrected chi connectivity index (χ1v) is 20.0. The molecule has 7 N–H and O–H groups in total. The number of nitrogens with zero attached hydrogens (tertiary/aromatic N) is 1. The number of aliphatic hydroxyl groups excluding tert-OH is 5. The van der Waals surface area contributed by atoms with Crippen LogP contribution in [0.25, 0.3) is 6.08 Å². The van der Waals surface area contributed by atoms with Gasteiger partial charge >= 0.3 is 5.97 Å². The van der Waals surface area contributed by atoms with Crippen molar-refractivity contribution < 1.29 is 68.4 Å². The summed E-state index contributed by atoms with van der Waals surface area (Å²) < 4.78 is 30.9. The second kappa shape index (κ2) is 17.8. The number of hydrogen-bond donors (Lipinski definition) is 7. The highest BCUT2D eigenvalue weighted by Gasteiger charge is 2.76. The number of ether oxygens (including phenoxy) is 5. The first-order valence-electron chi connectivity index (χ1n) is 20.0. The summed E-state index contributed by atoms with van der Waals surface area (Å²) >= 11 is 0. The van der Waals surface area contributed by atoms with Gasteiger partial charge in [0.25, 0.3) is 0 Å². The van der Waals surface area contributed by atoms with Crippen LogP contribution in [-0.4, -0.2) is 142 Å². The van der Waals surface area contributed by atoms with Gasteiger partial charge in [0.1, 0.15) is 54.2 Å². The van der Waals surface area contributed by atoms with E-state index >= 15 is 0 Å². The van der Waals surface area contributed by atoms with Crippen molar-refractivity contribution in [3.63, 3.8) is 0 Å². The van der Waals surface area contributed by atoms with Gasteiger partial charge in [-0.15, -0.1) is 0 Å². The van der Waals surface area contributed by atoms with E-state index < -0.39 is 90.8 Å². The van der Waals surface area contributed by atoms with E-state index in [2.05, 4.69) is 10.6 Å². The van der Waals surface area contributed by atoms with Crippen LogP contribution in [0.5, 0.6) is 0 Å².